The number of benzene rings is 1. The van der Waals surface area contributed by atoms with Crippen molar-refractivity contribution in [3.8, 4) is 0 Å². The quantitative estimate of drug-likeness (QED) is 0.845. The van der Waals surface area contributed by atoms with Gasteiger partial charge in [0.2, 0.25) is 0 Å². The predicted octanol–water partition coefficient (Wildman–Crippen LogP) is 2.94. The molecule has 0 unspecified atom stereocenters. The number of ether oxygens (including phenoxy) is 1. The van der Waals surface area contributed by atoms with Crippen LogP contribution in [0, 0.1) is 13.8 Å². The number of anilines is 1. The number of hydrogen-bond acceptors (Lipinski definition) is 2. The van der Waals surface area contributed by atoms with Crippen molar-refractivity contribution in [2.24, 2.45) is 0 Å². The third kappa shape index (κ3) is 3.47. The van der Waals surface area contributed by atoms with Crippen molar-refractivity contribution in [2.45, 2.75) is 39.9 Å². The molecule has 2 atom stereocenters. The van der Waals surface area contributed by atoms with Crippen LogP contribution in [-0.4, -0.2) is 36.2 Å². The van der Waals surface area contributed by atoms with Crippen molar-refractivity contribution >= 4 is 11.7 Å². The van der Waals surface area contributed by atoms with Crippen LogP contribution in [0.15, 0.2) is 18.2 Å². The highest BCUT2D eigenvalue weighted by Crippen LogP contribution is 2.18. The summed E-state index contributed by atoms with van der Waals surface area (Å²) in [5.74, 6) is 0. The highest BCUT2D eigenvalue weighted by molar-refractivity contribution is 5.90. The van der Waals surface area contributed by atoms with Crippen LogP contribution < -0.4 is 5.32 Å². The monoisotopic (exact) mass is 262 g/mol. The van der Waals surface area contributed by atoms with Gasteiger partial charge in [-0.25, -0.2) is 4.79 Å². The minimum atomic E-state index is -0.0473. The fraction of sp³-hybridized carbons (Fsp3) is 0.533. The zero-order chi connectivity index (χ0) is 14.0. The standard InChI is InChI=1S/C15H22N2O2/c1-10-5-6-14(11(2)7-10)16-15(18)17-8-12(3)19-13(4)9-17/h5-7,12-13H,8-9H2,1-4H3,(H,16,18)/t12-,13-/m0/s1. The Morgan fingerprint density at radius 1 is 1.26 bits per heavy atom. The first-order valence-electron chi connectivity index (χ1n) is 6.74. The zero-order valence-electron chi connectivity index (χ0n) is 12.1. The third-order valence-corrected chi connectivity index (χ3v) is 3.33. The number of aryl methyl sites for hydroxylation is 2. The Balaban J connectivity index is 2.04. The summed E-state index contributed by atoms with van der Waals surface area (Å²) < 4.78 is 5.63. The number of hydrogen-bond donors (Lipinski definition) is 1. The summed E-state index contributed by atoms with van der Waals surface area (Å²) >= 11 is 0. The molecular formula is C15H22N2O2. The van der Waals surface area contributed by atoms with E-state index in [1.807, 2.05) is 44.7 Å². The summed E-state index contributed by atoms with van der Waals surface area (Å²) in [6, 6.07) is 5.98. The van der Waals surface area contributed by atoms with Crippen LogP contribution in [-0.2, 0) is 4.74 Å². The van der Waals surface area contributed by atoms with Crippen LogP contribution in [0.4, 0.5) is 10.5 Å². The van der Waals surface area contributed by atoms with E-state index in [0.29, 0.717) is 13.1 Å². The third-order valence-electron chi connectivity index (χ3n) is 3.33. The van der Waals surface area contributed by atoms with Gasteiger partial charge in [0.05, 0.1) is 12.2 Å². The molecule has 1 fully saturated rings. The molecule has 1 aliphatic rings. The second-order valence-electron chi connectivity index (χ2n) is 5.41. The highest BCUT2D eigenvalue weighted by atomic mass is 16.5. The Morgan fingerprint density at radius 2 is 1.89 bits per heavy atom. The number of morpholine rings is 1. The normalized spacial score (nSPS) is 23.3. The average Bonchev–Trinajstić information content (AvgIpc) is 2.31. The molecule has 0 bridgehead atoms. The Morgan fingerprint density at radius 3 is 2.47 bits per heavy atom. The van der Waals surface area contributed by atoms with Gasteiger partial charge in [-0.1, -0.05) is 17.7 Å². The van der Waals surface area contributed by atoms with Gasteiger partial charge < -0.3 is 15.0 Å². The van der Waals surface area contributed by atoms with E-state index in [4.69, 9.17) is 4.74 Å². The van der Waals surface area contributed by atoms with Gasteiger partial charge in [0, 0.05) is 18.8 Å². The summed E-state index contributed by atoms with van der Waals surface area (Å²) in [4.78, 5) is 14.1. The molecule has 2 amide bonds. The van der Waals surface area contributed by atoms with E-state index in [1.54, 1.807) is 0 Å². The molecule has 0 saturated carbocycles. The SMILES string of the molecule is Cc1ccc(NC(=O)N2C[C@H](C)O[C@@H](C)C2)c(C)c1. The Hall–Kier alpha value is -1.55. The van der Waals surface area contributed by atoms with Gasteiger partial charge in [0.15, 0.2) is 0 Å². The zero-order valence-corrected chi connectivity index (χ0v) is 12.1. The number of nitrogens with one attached hydrogen (secondary N) is 1. The number of rotatable bonds is 1. The molecule has 104 valence electrons. The number of urea groups is 1. The molecule has 1 aliphatic heterocycles. The molecule has 4 nitrogen and oxygen atoms in total. The van der Waals surface area contributed by atoms with E-state index in [2.05, 4.69) is 11.4 Å². The van der Waals surface area contributed by atoms with Crippen molar-refractivity contribution in [1.29, 1.82) is 0 Å². The number of amides is 2. The van der Waals surface area contributed by atoms with Gasteiger partial charge >= 0.3 is 6.03 Å². The first-order valence-corrected chi connectivity index (χ1v) is 6.74. The second-order valence-corrected chi connectivity index (χ2v) is 5.41. The molecule has 1 heterocycles. The first kappa shape index (κ1) is 13.9. The molecule has 0 radical (unpaired) electrons. The number of carbonyl (C=O) groups excluding carboxylic acids is 1. The van der Waals surface area contributed by atoms with Crippen molar-refractivity contribution in [2.75, 3.05) is 18.4 Å². The van der Waals surface area contributed by atoms with Crippen LogP contribution in [0.25, 0.3) is 0 Å². The van der Waals surface area contributed by atoms with Crippen molar-refractivity contribution in [3.63, 3.8) is 0 Å². The molecule has 0 aromatic heterocycles. The van der Waals surface area contributed by atoms with Gasteiger partial charge in [0.25, 0.3) is 0 Å². The van der Waals surface area contributed by atoms with E-state index in [1.165, 1.54) is 5.56 Å². The Kier molecular flexibility index (Phi) is 4.10. The lowest BCUT2D eigenvalue weighted by atomic mass is 10.1. The fourth-order valence-corrected chi connectivity index (χ4v) is 2.49. The molecule has 4 heteroatoms. The molecule has 0 aliphatic carbocycles. The maximum atomic E-state index is 12.3. The van der Waals surface area contributed by atoms with Gasteiger partial charge in [-0.2, -0.15) is 0 Å². The van der Waals surface area contributed by atoms with Crippen LogP contribution in [0.5, 0.6) is 0 Å². The Bertz CT molecular complexity index is 463. The molecule has 0 spiro atoms. The maximum Gasteiger partial charge on any atom is 0.322 e. The maximum absolute atomic E-state index is 12.3. The second kappa shape index (κ2) is 5.61. The van der Waals surface area contributed by atoms with Crippen molar-refractivity contribution in [3.05, 3.63) is 29.3 Å². The largest absolute Gasteiger partial charge is 0.372 e. The number of nitrogens with zero attached hydrogens (tertiary/aromatic N) is 1. The van der Waals surface area contributed by atoms with Crippen molar-refractivity contribution in [1.82, 2.24) is 4.90 Å². The summed E-state index contributed by atoms with van der Waals surface area (Å²) in [7, 11) is 0. The van der Waals surface area contributed by atoms with Crippen LogP contribution in [0.2, 0.25) is 0 Å². The molecule has 1 aromatic rings. The van der Waals surface area contributed by atoms with Crippen LogP contribution in [0.3, 0.4) is 0 Å². The van der Waals surface area contributed by atoms with Gasteiger partial charge in [-0.15, -0.1) is 0 Å². The van der Waals surface area contributed by atoms with Gasteiger partial charge in [-0.05, 0) is 39.3 Å². The van der Waals surface area contributed by atoms with Crippen molar-refractivity contribution < 1.29 is 9.53 Å². The molecule has 1 saturated heterocycles. The molecule has 19 heavy (non-hydrogen) atoms. The summed E-state index contributed by atoms with van der Waals surface area (Å²) in [6.07, 6.45) is 0.183. The smallest absolute Gasteiger partial charge is 0.322 e. The predicted molar refractivity (Wildman–Crippen MR) is 76.5 cm³/mol. The van der Waals surface area contributed by atoms with Gasteiger partial charge in [0.1, 0.15) is 0 Å². The molecule has 2 rings (SSSR count). The lowest BCUT2D eigenvalue weighted by molar-refractivity contribution is -0.0530. The van der Waals surface area contributed by atoms with E-state index in [9.17, 15) is 4.79 Å². The average molecular weight is 262 g/mol. The Labute approximate surface area is 114 Å². The molecular weight excluding hydrogens is 240 g/mol. The minimum Gasteiger partial charge on any atom is -0.372 e. The summed E-state index contributed by atoms with van der Waals surface area (Å²) in [5.41, 5.74) is 3.16. The van der Waals surface area contributed by atoms with Crippen LogP contribution >= 0.6 is 0 Å². The summed E-state index contributed by atoms with van der Waals surface area (Å²) in [5, 5.41) is 2.98. The van der Waals surface area contributed by atoms with E-state index in [0.717, 1.165) is 11.3 Å². The van der Waals surface area contributed by atoms with Gasteiger partial charge in [-0.3, -0.25) is 0 Å². The van der Waals surface area contributed by atoms with E-state index in [-0.39, 0.29) is 18.2 Å². The summed E-state index contributed by atoms with van der Waals surface area (Å²) in [6.45, 7) is 9.32. The lowest BCUT2D eigenvalue weighted by Crippen LogP contribution is -2.49. The van der Waals surface area contributed by atoms with E-state index >= 15 is 0 Å². The molecule has 1 aromatic carbocycles. The highest BCUT2D eigenvalue weighted by Gasteiger charge is 2.25. The lowest BCUT2D eigenvalue weighted by Gasteiger charge is -2.35. The topological polar surface area (TPSA) is 41.6 Å². The molecule has 1 N–H and O–H groups in total. The minimum absolute atomic E-state index is 0.0473. The first-order chi connectivity index (χ1) is 8.95. The fourth-order valence-electron chi connectivity index (χ4n) is 2.49. The number of carbonyl (C=O) groups is 1. The van der Waals surface area contributed by atoms with E-state index < -0.39 is 0 Å². The van der Waals surface area contributed by atoms with Crippen LogP contribution in [0.1, 0.15) is 25.0 Å².